The normalized spacial score (nSPS) is 22.7. The van der Waals surface area contributed by atoms with Crippen molar-refractivity contribution in [3.8, 4) is 0 Å². The molecule has 2 saturated heterocycles. The van der Waals surface area contributed by atoms with Crippen LogP contribution in [-0.4, -0.2) is 66.4 Å². The Labute approximate surface area is 161 Å². The number of aromatic nitrogens is 1. The zero-order valence-electron chi connectivity index (χ0n) is 16.1. The van der Waals surface area contributed by atoms with Crippen LogP contribution in [-0.2, 0) is 4.84 Å². The third kappa shape index (κ3) is 4.90. The van der Waals surface area contributed by atoms with Crippen molar-refractivity contribution in [2.45, 2.75) is 51.0 Å². The fraction of sp³-hybridized carbons (Fsp3) is 0.700. The second kappa shape index (κ2) is 8.89. The van der Waals surface area contributed by atoms with E-state index >= 15 is 0 Å². The molecule has 2 aliphatic heterocycles. The number of carbonyl (C=O) groups is 1. The van der Waals surface area contributed by atoms with Gasteiger partial charge in [-0.05, 0) is 31.7 Å². The van der Waals surface area contributed by atoms with Crippen LogP contribution >= 0.6 is 0 Å². The molecule has 4 rings (SSSR count). The van der Waals surface area contributed by atoms with Gasteiger partial charge < -0.3 is 9.74 Å². The van der Waals surface area contributed by atoms with Crippen LogP contribution in [0.5, 0.6) is 0 Å². The van der Waals surface area contributed by atoms with Gasteiger partial charge in [0.25, 0.3) is 0 Å². The first-order valence-electron chi connectivity index (χ1n) is 10.5. The second-order valence-electron chi connectivity index (χ2n) is 7.86. The third-order valence-corrected chi connectivity index (χ3v) is 6.00. The fourth-order valence-corrected chi connectivity index (χ4v) is 4.47. The highest BCUT2D eigenvalue weighted by molar-refractivity contribution is 5.84. The monoisotopic (exact) mass is 373 g/mol. The van der Waals surface area contributed by atoms with Crippen molar-refractivity contribution in [2.24, 2.45) is 0 Å². The number of pyridine rings is 1. The van der Waals surface area contributed by atoms with E-state index in [4.69, 9.17) is 4.84 Å². The van der Waals surface area contributed by atoms with E-state index in [2.05, 4.69) is 20.1 Å². The third-order valence-electron chi connectivity index (χ3n) is 6.00. The molecule has 148 valence electrons. The Morgan fingerprint density at radius 3 is 2.48 bits per heavy atom. The number of piperidine rings is 1. The minimum absolute atomic E-state index is 0.417. The summed E-state index contributed by atoms with van der Waals surface area (Å²) in [4.78, 5) is 27.0. The summed E-state index contributed by atoms with van der Waals surface area (Å²) in [6.45, 7) is 5.82. The minimum Gasteiger partial charge on any atom is -0.354 e. The highest BCUT2D eigenvalue weighted by atomic mass is 16.7. The molecule has 0 bridgehead atoms. The van der Waals surface area contributed by atoms with Gasteiger partial charge in [-0.1, -0.05) is 19.3 Å². The van der Waals surface area contributed by atoms with Crippen LogP contribution in [0.1, 0.15) is 44.9 Å². The van der Waals surface area contributed by atoms with Crippen molar-refractivity contribution in [2.75, 3.05) is 49.5 Å². The van der Waals surface area contributed by atoms with Gasteiger partial charge in [0.05, 0.1) is 0 Å². The lowest BCUT2D eigenvalue weighted by Gasteiger charge is -2.38. The molecule has 1 aromatic heterocycles. The van der Waals surface area contributed by atoms with E-state index in [-0.39, 0.29) is 0 Å². The van der Waals surface area contributed by atoms with Crippen LogP contribution in [0.3, 0.4) is 0 Å². The summed E-state index contributed by atoms with van der Waals surface area (Å²) in [5.41, 5.74) is 0.736. The van der Waals surface area contributed by atoms with Gasteiger partial charge in [-0.3, -0.25) is 10.2 Å². The van der Waals surface area contributed by atoms with Crippen LogP contribution in [0.2, 0.25) is 0 Å². The van der Waals surface area contributed by atoms with Gasteiger partial charge in [0.1, 0.15) is 5.82 Å². The smallest absolute Gasteiger partial charge is 0.354 e. The predicted octanol–water partition coefficient (Wildman–Crippen LogP) is 3.10. The molecular weight excluding hydrogens is 342 g/mol. The van der Waals surface area contributed by atoms with Crippen molar-refractivity contribution >= 4 is 17.6 Å². The van der Waals surface area contributed by atoms with Crippen LogP contribution in [0.15, 0.2) is 18.3 Å². The van der Waals surface area contributed by atoms with Crippen molar-refractivity contribution < 1.29 is 9.63 Å². The topological polar surface area (TPSA) is 60.9 Å². The number of rotatable bonds is 4. The van der Waals surface area contributed by atoms with E-state index in [1.165, 1.54) is 32.1 Å². The molecule has 3 fully saturated rings. The average molecular weight is 374 g/mol. The maximum absolute atomic E-state index is 12.1. The predicted molar refractivity (Wildman–Crippen MR) is 106 cm³/mol. The van der Waals surface area contributed by atoms with Gasteiger partial charge >= 0.3 is 6.09 Å². The Morgan fingerprint density at radius 1 is 1.00 bits per heavy atom. The number of piperazine rings is 1. The Morgan fingerprint density at radius 2 is 1.74 bits per heavy atom. The SMILES string of the molecule is O=C(Nc1ccnc(N2CCN(C3CCCC3)CC2)c1)ON1CCCCC1. The summed E-state index contributed by atoms with van der Waals surface area (Å²) in [6.07, 6.45) is 10.2. The van der Waals surface area contributed by atoms with Crippen LogP contribution in [0.25, 0.3) is 0 Å². The first kappa shape index (κ1) is 18.5. The summed E-state index contributed by atoms with van der Waals surface area (Å²) in [5.74, 6) is 0.928. The molecule has 3 heterocycles. The summed E-state index contributed by atoms with van der Waals surface area (Å²) < 4.78 is 0. The second-order valence-corrected chi connectivity index (χ2v) is 7.86. The molecule has 3 aliphatic rings. The van der Waals surface area contributed by atoms with Gasteiger partial charge in [-0.2, -0.15) is 0 Å². The Bertz CT molecular complexity index is 621. The molecule has 1 saturated carbocycles. The molecule has 0 radical (unpaired) electrons. The van der Waals surface area contributed by atoms with E-state index in [0.717, 1.165) is 69.7 Å². The standard InChI is InChI=1S/C20H31N5O2/c26-20(27-25-10-4-1-5-11-25)22-17-8-9-21-19(16-17)24-14-12-23(13-15-24)18-6-2-3-7-18/h8-9,16,18H,1-7,10-15H2,(H,21,22,26). The number of amides is 1. The first-order valence-corrected chi connectivity index (χ1v) is 10.5. The molecule has 0 spiro atoms. The van der Waals surface area contributed by atoms with Gasteiger partial charge in [0.15, 0.2) is 0 Å². The van der Waals surface area contributed by atoms with E-state index in [1.807, 2.05) is 12.1 Å². The number of anilines is 2. The summed E-state index contributed by atoms with van der Waals surface area (Å²) in [5, 5.41) is 4.60. The van der Waals surface area contributed by atoms with Gasteiger partial charge in [-0.15, -0.1) is 5.06 Å². The molecule has 0 atom stereocenters. The van der Waals surface area contributed by atoms with Crippen LogP contribution in [0, 0.1) is 0 Å². The average Bonchev–Trinajstić information content (AvgIpc) is 3.24. The highest BCUT2D eigenvalue weighted by Crippen LogP contribution is 2.25. The Hall–Kier alpha value is -1.86. The number of hydrogen-bond acceptors (Lipinski definition) is 6. The summed E-state index contributed by atoms with van der Waals surface area (Å²) in [7, 11) is 0. The van der Waals surface area contributed by atoms with E-state index in [9.17, 15) is 4.79 Å². The van der Waals surface area contributed by atoms with Gasteiger partial charge in [-0.25, -0.2) is 9.78 Å². The van der Waals surface area contributed by atoms with Crippen molar-refractivity contribution in [1.82, 2.24) is 14.9 Å². The molecule has 7 heteroatoms. The molecule has 0 aromatic carbocycles. The Kier molecular flexibility index (Phi) is 6.09. The molecule has 0 unspecified atom stereocenters. The van der Waals surface area contributed by atoms with E-state index in [0.29, 0.717) is 0 Å². The lowest BCUT2D eigenvalue weighted by Crippen LogP contribution is -2.50. The van der Waals surface area contributed by atoms with Gasteiger partial charge in [0, 0.05) is 63.3 Å². The lowest BCUT2D eigenvalue weighted by molar-refractivity contribution is -0.105. The van der Waals surface area contributed by atoms with Gasteiger partial charge in [0.2, 0.25) is 0 Å². The fourth-order valence-electron chi connectivity index (χ4n) is 4.47. The van der Waals surface area contributed by atoms with Crippen LogP contribution < -0.4 is 10.2 Å². The summed E-state index contributed by atoms with van der Waals surface area (Å²) in [6, 6.07) is 4.55. The largest absolute Gasteiger partial charge is 0.430 e. The summed E-state index contributed by atoms with van der Waals surface area (Å²) >= 11 is 0. The molecular formula is C20H31N5O2. The van der Waals surface area contributed by atoms with Crippen molar-refractivity contribution in [3.63, 3.8) is 0 Å². The molecule has 1 amide bonds. The number of hydroxylamine groups is 2. The van der Waals surface area contributed by atoms with E-state index in [1.54, 1.807) is 11.3 Å². The lowest BCUT2D eigenvalue weighted by atomic mass is 10.2. The van der Waals surface area contributed by atoms with Crippen molar-refractivity contribution in [3.05, 3.63) is 18.3 Å². The molecule has 7 nitrogen and oxygen atoms in total. The first-order chi connectivity index (χ1) is 13.3. The molecule has 27 heavy (non-hydrogen) atoms. The zero-order valence-corrected chi connectivity index (χ0v) is 16.1. The highest BCUT2D eigenvalue weighted by Gasteiger charge is 2.26. The molecule has 1 aromatic rings. The number of nitrogens with one attached hydrogen (secondary N) is 1. The minimum atomic E-state index is -0.417. The maximum atomic E-state index is 12.1. The maximum Gasteiger partial charge on any atom is 0.430 e. The molecule has 1 aliphatic carbocycles. The van der Waals surface area contributed by atoms with Crippen molar-refractivity contribution in [1.29, 1.82) is 0 Å². The Balaban J connectivity index is 1.29. The quantitative estimate of drug-likeness (QED) is 0.875. The number of hydrogen-bond donors (Lipinski definition) is 1. The van der Waals surface area contributed by atoms with Crippen LogP contribution in [0.4, 0.5) is 16.3 Å². The number of nitrogens with zero attached hydrogens (tertiary/aromatic N) is 4. The number of carbonyl (C=O) groups excluding carboxylic acids is 1. The van der Waals surface area contributed by atoms with E-state index < -0.39 is 6.09 Å². The zero-order chi connectivity index (χ0) is 18.5. The molecule has 1 N–H and O–H groups in total.